The summed E-state index contributed by atoms with van der Waals surface area (Å²) in [4.78, 5) is 2.42. The first-order chi connectivity index (χ1) is 10.1. The quantitative estimate of drug-likeness (QED) is 0.859. The van der Waals surface area contributed by atoms with Crippen molar-refractivity contribution in [2.24, 2.45) is 5.73 Å². The van der Waals surface area contributed by atoms with E-state index in [2.05, 4.69) is 42.7 Å². The van der Waals surface area contributed by atoms with Gasteiger partial charge in [0.05, 0.1) is 31.4 Å². The number of nitrogens with two attached hydrogens (primary N) is 1. The number of hydrogen-bond acceptors (Lipinski definition) is 4. The Kier molecular flexibility index (Phi) is 5.63. The summed E-state index contributed by atoms with van der Waals surface area (Å²) in [7, 11) is 1.66. The van der Waals surface area contributed by atoms with E-state index in [0.29, 0.717) is 6.54 Å². The minimum Gasteiger partial charge on any atom is -0.495 e. The normalized spacial score (nSPS) is 22.5. The third-order valence-corrected chi connectivity index (χ3v) is 3.49. The Hall–Kier alpha value is -1.54. The van der Waals surface area contributed by atoms with Crippen LogP contribution < -0.4 is 10.5 Å². The molecular formula is C17H24N2O2. The number of hydrogen-bond donors (Lipinski definition) is 1. The van der Waals surface area contributed by atoms with Crippen molar-refractivity contribution < 1.29 is 9.47 Å². The molecule has 0 saturated carbocycles. The molecule has 1 aromatic rings. The molecule has 21 heavy (non-hydrogen) atoms. The lowest BCUT2D eigenvalue weighted by Gasteiger charge is -2.35. The number of nitrogens with zero attached hydrogens (tertiary/aromatic N) is 1. The highest BCUT2D eigenvalue weighted by molar-refractivity contribution is 5.48. The Bertz CT molecular complexity index is 523. The minimum atomic E-state index is 0.281. The van der Waals surface area contributed by atoms with E-state index >= 15 is 0 Å². The van der Waals surface area contributed by atoms with Crippen LogP contribution >= 0.6 is 0 Å². The van der Waals surface area contributed by atoms with Gasteiger partial charge in [-0.1, -0.05) is 17.9 Å². The Labute approximate surface area is 127 Å². The maximum atomic E-state index is 5.77. The van der Waals surface area contributed by atoms with Crippen LogP contribution in [0.5, 0.6) is 5.75 Å². The molecule has 1 aliphatic rings. The highest BCUT2D eigenvalue weighted by atomic mass is 16.5. The first-order valence-electron chi connectivity index (χ1n) is 7.36. The molecule has 0 unspecified atom stereocenters. The topological polar surface area (TPSA) is 47.7 Å². The first kappa shape index (κ1) is 15.8. The van der Waals surface area contributed by atoms with Gasteiger partial charge in [-0.25, -0.2) is 0 Å². The summed E-state index contributed by atoms with van der Waals surface area (Å²) >= 11 is 0. The molecule has 0 bridgehead atoms. The molecular weight excluding hydrogens is 264 g/mol. The predicted molar refractivity (Wildman–Crippen MR) is 84.2 cm³/mol. The van der Waals surface area contributed by atoms with Crippen molar-refractivity contribution in [2.45, 2.75) is 32.6 Å². The summed E-state index contributed by atoms with van der Waals surface area (Å²) in [5.74, 6) is 6.76. The standard InChI is InChI=1S/C17H24N2O2/c1-13-10-19(11-14(2)21-13)12-15-6-7-17(20-3)16(9-15)5-4-8-18/h6-7,9,13-14H,8,10-12,18H2,1-3H3/t13-,14+. The van der Waals surface area contributed by atoms with Crippen LogP contribution in [0.4, 0.5) is 0 Å². The molecule has 2 atom stereocenters. The molecule has 2 N–H and O–H groups in total. The second kappa shape index (κ2) is 7.46. The van der Waals surface area contributed by atoms with E-state index in [4.69, 9.17) is 15.2 Å². The van der Waals surface area contributed by atoms with Crippen LogP contribution in [0.1, 0.15) is 25.0 Å². The lowest BCUT2D eigenvalue weighted by molar-refractivity contribution is -0.0704. The molecule has 0 aromatic heterocycles. The Morgan fingerprint density at radius 3 is 2.67 bits per heavy atom. The highest BCUT2D eigenvalue weighted by Crippen LogP contribution is 2.21. The molecule has 1 heterocycles. The number of rotatable bonds is 3. The van der Waals surface area contributed by atoms with Crippen molar-refractivity contribution in [3.63, 3.8) is 0 Å². The maximum absolute atomic E-state index is 5.77. The Morgan fingerprint density at radius 2 is 2.05 bits per heavy atom. The average molecular weight is 288 g/mol. The van der Waals surface area contributed by atoms with Crippen LogP contribution in [-0.4, -0.2) is 43.9 Å². The molecule has 0 spiro atoms. The molecule has 1 aromatic carbocycles. The van der Waals surface area contributed by atoms with Gasteiger partial charge >= 0.3 is 0 Å². The number of benzene rings is 1. The highest BCUT2D eigenvalue weighted by Gasteiger charge is 2.22. The van der Waals surface area contributed by atoms with Gasteiger partial charge in [0.15, 0.2) is 0 Å². The molecule has 1 aliphatic heterocycles. The molecule has 114 valence electrons. The zero-order chi connectivity index (χ0) is 15.2. The summed E-state index contributed by atoms with van der Waals surface area (Å²) in [6, 6.07) is 6.16. The van der Waals surface area contributed by atoms with E-state index < -0.39 is 0 Å². The largest absolute Gasteiger partial charge is 0.495 e. The van der Waals surface area contributed by atoms with Crippen LogP contribution in [0, 0.1) is 11.8 Å². The molecule has 2 rings (SSSR count). The van der Waals surface area contributed by atoms with Crippen molar-refractivity contribution in [3.8, 4) is 17.6 Å². The van der Waals surface area contributed by atoms with Crippen molar-refractivity contribution >= 4 is 0 Å². The lowest BCUT2D eigenvalue weighted by Crippen LogP contribution is -2.44. The monoisotopic (exact) mass is 288 g/mol. The van der Waals surface area contributed by atoms with Crippen molar-refractivity contribution in [1.82, 2.24) is 4.90 Å². The summed E-state index contributed by atoms with van der Waals surface area (Å²) in [6.07, 6.45) is 0.562. The van der Waals surface area contributed by atoms with Crippen molar-refractivity contribution in [2.75, 3.05) is 26.7 Å². The van der Waals surface area contributed by atoms with Gasteiger partial charge < -0.3 is 15.2 Å². The third-order valence-electron chi connectivity index (χ3n) is 3.49. The minimum absolute atomic E-state index is 0.281. The number of methoxy groups -OCH3 is 1. The van der Waals surface area contributed by atoms with E-state index in [1.54, 1.807) is 7.11 Å². The summed E-state index contributed by atoms with van der Waals surface area (Å²) in [6.45, 7) is 7.41. The van der Waals surface area contributed by atoms with Crippen LogP contribution in [0.3, 0.4) is 0 Å². The first-order valence-corrected chi connectivity index (χ1v) is 7.36. The zero-order valence-corrected chi connectivity index (χ0v) is 13.1. The summed E-state index contributed by atoms with van der Waals surface area (Å²) in [5.41, 5.74) is 7.58. The van der Waals surface area contributed by atoms with Crippen LogP contribution in [0.15, 0.2) is 18.2 Å². The van der Waals surface area contributed by atoms with Gasteiger partial charge in [0.25, 0.3) is 0 Å². The predicted octanol–water partition coefficient (Wildman–Crippen LogP) is 1.61. The summed E-state index contributed by atoms with van der Waals surface area (Å²) in [5, 5.41) is 0. The Balaban J connectivity index is 2.13. The van der Waals surface area contributed by atoms with E-state index in [1.165, 1.54) is 5.56 Å². The van der Waals surface area contributed by atoms with E-state index in [1.807, 2.05) is 6.07 Å². The number of morpholine rings is 1. The van der Waals surface area contributed by atoms with Crippen LogP contribution in [0.25, 0.3) is 0 Å². The van der Waals surface area contributed by atoms with E-state index in [9.17, 15) is 0 Å². The van der Waals surface area contributed by atoms with Crippen LogP contribution in [-0.2, 0) is 11.3 Å². The molecule has 4 nitrogen and oxygen atoms in total. The number of ether oxygens (including phenoxy) is 2. The van der Waals surface area contributed by atoms with Crippen molar-refractivity contribution in [3.05, 3.63) is 29.3 Å². The Morgan fingerprint density at radius 1 is 1.33 bits per heavy atom. The fourth-order valence-corrected chi connectivity index (χ4v) is 2.77. The SMILES string of the molecule is COc1ccc(CN2C[C@@H](C)O[C@@H](C)C2)cc1C#CCN. The van der Waals surface area contributed by atoms with Gasteiger partial charge in [-0.15, -0.1) is 0 Å². The second-order valence-electron chi connectivity index (χ2n) is 5.49. The molecule has 0 radical (unpaired) electrons. The molecule has 0 aliphatic carbocycles. The van der Waals surface area contributed by atoms with Gasteiger partial charge in [-0.2, -0.15) is 0 Å². The second-order valence-corrected chi connectivity index (χ2v) is 5.49. The molecule has 1 fully saturated rings. The molecule has 1 saturated heterocycles. The van der Waals surface area contributed by atoms with E-state index in [-0.39, 0.29) is 12.2 Å². The zero-order valence-electron chi connectivity index (χ0n) is 13.1. The van der Waals surface area contributed by atoms with Crippen molar-refractivity contribution in [1.29, 1.82) is 0 Å². The smallest absolute Gasteiger partial charge is 0.134 e. The maximum Gasteiger partial charge on any atom is 0.134 e. The van der Waals surface area contributed by atoms with Gasteiger partial charge in [0, 0.05) is 19.6 Å². The van der Waals surface area contributed by atoms with Gasteiger partial charge in [-0.3, -0.25) is 4.90 Å². The van der Waals surface area contributed by atoms with Crippen LogP contribution in [0.2, 0.25) is 0 Å². The summed E-state index contributed by atoms with van der Waals surface area (Å²) < 4.78 is 11.1. The lowest BCUT2D eigenvalue weighted by atomic mass is 10.1. The third kappa shape index (κ3) is 4.47. The van der Waals surface area contributed by atoms with E-state index in [0.717, 1.165) is 30.9 Å². The average Bonchev–Trinajstić information content (AvgIpc) is 2.44. The molecule has 0 amide bonds. The van der Waals surface area contributed by atoms with Gasteiger partial charge in [-0.05, 0) is 31.5 Å². The molecule has 4 heteroatoms. The fourth-order valence-electron chi connectivity index (χ4n) is 2.77. The van der Waals surface area contributed by atoms with Gasteiger partial charge in [0.1, 0.15) is 5.75 Å². The fraction of sp³-hybridized carbons (Fsp3) is 0.529. The van der Waals surface area contributed by atoms with Gasteiger partial charge in [0.2, 0.25) is 0 Å².